The van der Waals surface area contributed by atoms with E-state index >= 15 is 0 Å². The third-order valence-electron chi connectivity index (χ3n) is 3.62. The van der Waals surface area contributed by atoms with Crippen molar-refractivity contribution in [2.75, 3.05) is 0 Å². The van der Waals surface area contributed by atoms with Gasteiger partial charge in [-0.25, -0.2) is 4.98 Å². The van der Waals surface area contributed by atoms with Crippen LogP contribution >= 0.6 is 0 Å². The van der Waals surface area contributed by atoms with E-state index in [-0.39, 0.29) is 24.1 Å². The first-order valence-corrected chi connectivity index (χ1v) is 7.29. The molecule has 3 rings (SSSR count). The van der Waals surface area contributed by atoms with Gasteiger partial charge in [0.25, 0.3) is 5.56 Å². The molecule has 0 radical (unpaired) electrons. The molecule has 0 bridgehead atoms. The number of aromatic nitrogens is 3. The van der Waals surface area contributed by atoms with Gasteiger partial charge in [0, 0.05) is 12.4 Å². The monoisotopic (exact) mass is 308 g/mol. The second kappa shape index (κ2) is 6.39. The summed E-state index contributed by atoms with van der Waals surface area (Å²) in [6, 6.07) is 10.8. The molecule has 3 aromatic rings. The summed E-state index contributed by atoms with van der Waals surface area (Å²) in [5.74, 6) is -0.236. The molecule has 23 heavy (non-hydrogen) atoms. The van der Waals surface area contributed by atoms with Crippen LogP contribution in [0.25, 0.3) is 11.0 Å². The van der Waals surface area contributed by atoms with Gasteiger partial charge in [-0.05, 0) is 30.7 Å². The molecule has 1 unspecified atom stereocenters. The molecular weight excluding hydrogens is 292 g/mol. The Morgan fingerprint density at radius 3 is 2.83 bits per heavy atom. The molecule has 1 aromatic carbocycles. The third-order valence-corrected chi connectivity index (χ3v) is 3.62. The molecule has 0 saturated carbocycles. The van der Waals surface area contributed by atoms with Gasteiger partial charge in [-0.3, -0.25) is 19.1 Å². The number of hydrogen-bond acceptors (Lipinski definition) is 4. The minimum atomic E-state index is -0.298. The molecule has 0 spiro atoms. The van der Waals surface area contributed by atoms with Crippen molar-refractivity contribution in [3.63, 3.8) is 0 Å². The predicted octanol–water partition coefficient (Wildman–Crippen LogP) is 1.67. The van der Waals surface area contributed by atoms with Crippen LogP contribution in [0.15, 0.2) is 59.8 Å². The highest BCUT2D eigenvalue weighted by molar-refractivity contribution is 5.80. The van der Waals surface area contributed by atoms with Gasteiger partial charge in [0.15, 0.2) is 0 Å². The first-order valence-electron chi connectivity index (χ1n) is 7.29. The Kier molecular flexibility index (Phi) is 4.14. The molecule has 0 aliphatic heterocycles. The Morgan fingerprint density at radius 1 is 1.22 bits per heavy atom. The fourth-order valence-electron chi connectivity index (χ4n) is 2.42. The molecule has 1 atom stereocenters. The van der Waals surface area contributed by atoms with E-state index in [2.05, 4.69) is 15.3 Å². The average molecular weight is 308 g/mol. The van der Waals surface area contributed by atoms with Crippen LogP contribution in [0.1, 0.15) is 18.5 Å². The van der Waals surface area contributed by atoms with Gasteiger partial charge in [-0.15, -0.1) is 0 Å². The maximum absolute atomic E-state index is 12.3. The number of hydrogen-bond donors (Lipinski definition) is 1. The number of fused-ring (bicyclic) bond motifs is 1. The molecule has 0 fully saturated rings. The highest BCUT2D eigenvalue weighted by atomic mass is 16.2. The molecular formula is C17H16N4O2. The molecule has 0 aliphatic carbocycles. The van der Waals surface area contributed by atoms with Crippen LogP contribution < -0.4 is 10.9 Å². The quantitative estimate of drug-likeness (QED) is 0.795. The number of amides is 1. The molecule has 116 valence electrons. The van der Waals surface area contributed by atoms with Crippen molar-refractivity contribution in [3.05, 3.63) is 70.9 Å². The lowest BCUT2D eigenvalue weighted by atomic mass is 10.1. The summed E-state index contributed by atoms with van der Waals surface area (Å²) in [6.45, 7) is 1.83. The number of para-hydroxylation sites is 2. The Hall–Kier alpha value is -3.02. The van der Waals surface area contributed by atoms with Crippen molar-refractivity contribution in [2.24, 2.45) is 0 Å². The maximum Gasteiger partial charge on any atom is 0.269 e. The molecule has 1 amide bonds. The lowest BCUT2D eigenvalue weighted by molar-refractivity contribution is -0.122. The van der Waals surface area contributed by atoms with Crippen molar-refractivity contribution < 1.29 is 4.79 Å². The normalized spacial score (nSPS) is 12.0. The molecule has 6 heteroatoms. The highest BCUT2D eigenvalue weighted by Gasteiger charge is 2.12. The Labute approximate surface area is 132 Å². The van der Waals surface area contributed by atoms with Gasteiger partial charge in [-0.1, -0.05) is 18.2 Å². The predicted molar refractivity (Wildman–Crippen MR) is 86.8 cm³/mol. The van der Waals surface area contributed by atoms with E-state index in [4.69, 9.17) is 0 Å². The van der Waals surface area contributed by atoms with Crippen LogP contribution in [0.2, 0.25) is 0 Å². The van der Waals surface area contributed by atoms with Crippen LogP contribution in [-0.4, -0.2) is 20.4 Å². The van der Waals surface area contributed by atoms with Gasteiger partial charge in [-0.2, -0.15) is 0 Å². The molecule has 2 aromatic heterocycles. The standard InChI is InChI=1S/C17H16N4O2/c1-12(13-5-4-8-18-9-13)20-16(22)11-21-15-7-3-2-6-14(15)19-10-17(21)23/h2-10,12H,11H2,1H3,(H,20,22). The summed E-state index contributed by atoms with van der Waals surface area (Å²) in [7, 11) is 0. The average Bonchev–Trinajstić information content (AvgIpc) is 2.58. The lowest BCUT2D eigenvalue weighted by Gasteiger charge is -2.15. The van der Waals surface area contributed by atoms with E-state index < -0.39 is 0 Å². The zero-order valence-corrected chi connectivity index (χ0v) is 12.6. The Bertz CT molecular complexity index is 890. The van der Waals surface area contributed by atoms with E-state index in [0.29, 0.717) is 11.0 Å². The summed E-state index contributed by atoms with van der Waals surface area (Å²) in [5, 5.41) is 2.88. The van der Waals surface area contributed by atoms with Crippen LogP contribution in [0.5, 0.6) is 0 Å². The van der Waals surface area contributed by atoms with Gasteiger partial charge < -0.3 is 5.32 Å². The second-order valence-electron chi connectivity index (χ2n) is 5.25. The van der Waals surface area contributed by atoms with Gasteiger partial charge in [0.1, 0.15) is 6.54 Å². The molecule has 2 heterocycles. The Balaban J connectivity index is 1.81. The Morgan fingerprint density at radius 2 is 2.04 bits per heavy atom. The lowest BCUT2D eigenvalue weighted by Crippen LogP contribution is -2.34. The number of carbonyl (C=O) groups is 1. The summed E-state index contributed by atoms with van der Waals surface area (Å²) in [4.78, 5) is 32.4. The second-order valence-corrected chi connectivity index (χ2v) is 5.25. The van der Waals surface area contributed by atoms with Crippen LogP contribution in [0, 0.1) is 0 Å². The maximum atomic E-state index is 12.3. The summed E-state index contributed by atoms with van der Waals surface area (Å²) in [6.07, 6.45) is 4.62. The van der Waals surface area contributed by atoms with Crippen LogP contribution in [0.4, 0.5) is 0 Å². The topological polar surface area (TPSA) is 76.9 Å². The summed E-state index contributed by atoms with van der Waals surface area (Å²) in [5.41, 5.74) is 1.94. The fourth-order valence-corrected chi connectivity index (χ4v) is 2.42. The SMILES string of the molecule is CC(NC(=O)Cn1c(=O)cnc2ccccc21)c1cccnc1. The summed E-state index contributed by atoms with van der Waals surface area (Å²) < 4.78 is 1.42. The number of nitrogens with one attached hydrogen (secondary N) is 1. The molecule has 6 nitrogen and oxygen atoms in total. The van der Waals surface area contributed by atoms with Crippen molar-refractivity contribution >= 4 is 16.9 Å². The number of benzene rings is 1. The van der Waals surface area contributed by atoms with Crippen LogP contribution in [-0.2, 0) is 11.3 Å². The molecule has 0 aliphatic rings. The van der Waals surface area contributed by atoms with Crippen molar-refractivity contribution in [1.29, 1.82) is 0 Å². The smallest absolute Gasteiger partial charge is 0.269 e. The van der Waals surface area contributed by atoms with E-state index in [0.717, 1.165) is 5.56 Å². The first kappa shape index (κ1) is 14.9. The van der Waals surface area contributed by atoms with Crippen molar-refractivity contribution in [2.45, 2.75) is 19.5 Å². The van der Waals surface area contributed by atoms with Crippen molar-refractivity contribution in [3.8, 4) is 0 Å². The largest absolute Gasteiger partial charge is 0.348 e. The third kappa shape index (κ3) is 3.26. The fraction of sp³-hybridized carbons (Fsp3) is 0.176. The van der Waals surface area contributed by atoms with Gasteiger partial charge in [0.05, 0.1) is 23.3 Å². The number of nitrogens with zero attached hydrogens (tertiary/aromatic N) is 3. The van der Waals surface area contributed by atoms with Gasteiger partial charge >= 0.3 is 0 Å². The summed E-state index contributed by atoms with van der Waals surface area (Å²) >= 11 is 0. The highest BCUT2D eigenvalue weighted by Crippen LogP contribution is 2.11. The number of rotatable bonds is 4. The van der Waals surface area contributed by atoms with Crippen molar-refractivity contribution in [1.82, 2.24) is 19.9 Å². The minimum Gasteiger partial charge on any atom is -0.348 e. The van der Waals surface area contributed by atoms with E-state index in [1.54, 1.807) is 24.5 Å². The first-order chi connectivity index (χ1) is 11.1. The van der Waals surface area contributed by atoms with E-state index in [1.807, 2.05) is 31.2 Å². The molecule has 1 N–H and O–H groups in total. The zero-order valence-electron chi connectivity index (χ0n) is 12.6. The number of pyridine rings is 1. The number of carbonyl (C=O) groups excluding carboxylic acids is 1. The van der Waals surface area contributed by atoms with E-state index in [1.165, 1.54) is 10.8 Å². The van der Waals surface area contributed by atoms with E-state index in [9.17, 15) is 9.59 Å². The van der Waals surface area contributed by atoms with Crippen LogP contribution in [0.3, 0.4) is 0 Å². The molecule has 0 saturated heterocycles. The van der Waals surface area contributed by atoms with Gasteiger partial charge in [0.2, 0.25) is 5.91 Å². The minimum absolute atomic E-state index is 0.0491. The zero-order chi connectivity index (χ0) is 16.2.